The number of rotatable bonds is 8. The molecule has 1 aromatic heterocycles. The summed E-state index contributed by atoms with van der Waals surface area (Å²) in [5, 5.41) is 2.02. The Labute approximate surface area is 160 Å². The molecular weight excluding hydrogens is 404 g/mol. The summed E-state index contributed by atoms with van der Waals surface area (Å²) in [6.45, 7) is 2.84. The van der Waals surface area contributed by atoms with Crippen LogP contribution in [-0.4, -0.2) is 43.5 Å². The number of anilines is 1. The molecule has 2 rings (SSSR count). The van der Waals surface area contributed by atoms with Crippen molar-refractivity contribution < 1.29 is 14.3 Å². The van der Waals surface area contributed by atoms with Crippen LogP contribution in [0.1, 0.15) is 11.8 Å². The van der Waals surface area contributed by atoms with Gasteiger partial charge in [-0.05, 0) is 48.1 Å². The van der Waals surface area contributed by atoms with E-state index in [-0.39, 0.29) is 19.0 Å². The third-order valence-electron chi connectivity index (χ3n) is 3.41. The van der Waals surface area contributed by atoms with Gasteiger partial charge in [-0.2, -0.15) is 0 Å². The maximum atomic E-state index is 12.8. The highest BCUT2D eigenvalue weighted by Gasteiger charge is 2.21. The van der Waals surface area contributed by atoms with Crippen molar-refractivity contribution in [1.82, 2.24) is 4.90 Å². The molecule has 0 bridgehead atoms. The van der Waals surface area contributed by atoms with E-state index < -0.39 is 5.97 Å². The van der Waals surface area contributed by atoms with Gasteiger partial charge in [-0.25, -0.2) is 0 Å². The molecule has 0 saturated heterocycles. The fraction of sp³-hybridized carbons (Fsp3) is 0.333. The van der Waals surface area contributed by atoms with Crippen molar-refractivity contribution in [3.63, 3.8) is 0 Å². The Morgan fingerprint density at radius 3 is 2.52 bits per heavy atom. The molecule has 0 aliphatic carbocycles. The first-order chi connectivity index (χ1) is 12.0. The zero-order chi connectivity index (χ0) is 18.2. The number of carbonyl (C=O) groups is 2. The topological polar surface area (TPSA) is 49.9 Å². The SMILES string of the molecule is CCOC(=O)CN(C(=O)CN(C)Cc1cc(Br)cs1)c1ccccc1. The number of esters is 1. The first-order valence-corrected chi connectivity index (χ1v) is 9.59. The van der Waals surface area contributed by atoms with E-state index in [9.17, 15) is 9.59 Å². The standard InChI is InChI=1S/C18H21BrN2O3S/c1-3-24-18(23)12-21(15-7-5-4-6-8-15)17(22)11-20(2)10-16-9-14(19)13-25-16/h4-9,13H,3,10-12H2,1-2H3. The van der Waals surface area contributed by atoms with E-state index in [0.717, 1.165) is 4.47 Å². The van der Waals surface area contributed by atoms with Crippen molar-refractivity contribution >= 4 is 44.8 Å². The second-order valence-electron chi connectivity index (χ2n) is 5.52. The molecule has 0 aliphatic rings. The van der Waals surface area contributed by atoms with Gasteiger partial charge in [-0.1, -0.05) is 18.2 Å². The largest absolute Gasteiger partial charge is 0.465 e. The predicted molar refractivity (Wildman–Crippen MR) is 104 cm³/mol. The van der Waals surface area contributed by atoms with Gasteiger partial charge in [0.05, 0.1) is 13.2 Å². The number of hydrogen-bond donors (Lipinski definition) is 0. The second kappa shape index (κ2) is 9.70. The number of para-hydroxylation sites is 1. The van der Waals surface area contributed by atoms with Crippen LogP contribution < -0.4 is 4.90 Å². The molecule has 1 aromatic carbocycles. The second-order valence-corrected chi connectivity index (χ2v) is 7.44. The van der Waals surface area contributed by atoms with Gasteiger partial charge >= 0.3 is 5.97 Å². The monoisotopic (exact) mass is 424 g/mol. The number of ether oxygens (including phenoxy) is 1. The Kier molecular flexibility index (Phi) is 7.61. The van der Waals surface area contributed by atoms with Crippen LogP contribution >= 0.6 is 27.3 Å². The Bertz CT molecular complexity index is 705. The third kappa shape index (κ3) is 6.26. The highest BCUT2D eigenvalue weighted by atomic mass is 79.9. The number of hydrogen-bond acceptors (Lipinski definition) is 5. The van der Waals surface area contributed by atoms with E-state index in [1.807, 2.05) is 53.7 Å². The van der Waals surface area contributed by atoms with Crippen molar-refractivity contribution in [2.75, 3.05) is 31.6 Å². The van der Waals surface area contributed by atoms with Crippen molar-refractivity contribution in [1.29, 1.82) is 0 Å². The Hall–Kier alpha value is -1.70. The normalized spacial score (nSPS) is 10.7. The van der Waals surface area contributed by atoms with Crippen molar-refractivity contribution in [3.05, 3.63) is 51.1 Å². The van der Waals surface area contributed by atoms with Crippen LogP contribution in [0.4, 0.5) is 5.69 Å². The van der Waals surface area contributed by atoms with Crippen LogP contribution in [0, 0.1) is 0 Å². The van der Waals surface area contributed by atoms with E-state index in [1.54, 1.807) is 18.3 Å². The van der Waals surface area contributed by atoms with Crippen LogP contribution in [0.25, 0.3) is 0 Å². The number of amides is 1. The van der Waals surface area contributed by atoms with Crippen LogP contribution in [0.3, 0.4) is 0 Å². The molecule has 0 atom stereocenters. The van der Waals surface area contributed by atoms with E-state index in [1.165, 1.54) is 9.78 Å². The first kappa shape index (κ1) is 19.6. The molecule has 25 heavy (non-hydrogen) atoms. The minimum absolute atomic E-state index is 0.0882. The van der Waals surface area contributed by atoms with Gasteiger partial charge in [-0.15, -0.1) is 11.3 Å². The van der Waals surface area contributed by atoms with Crippen molar-refractivity contribution in [2.45, 2.75) is 13.5 Å². The molecular formula is C18H21BrN2O3S. The van der Waals surface area contributed by atoms with E-state index in [0.29, 0.717) is 18.8 Å². The lowest BCUT2D eigenvalue weighted by Gasteiger charge is -2.24. The zero-order valence-electron chi connectivity index (χ0n) is 14.3. The summed E-state index contributed by atoms with van der Waals surface area (Å²) in [5.41, 5.74) is 0.688. The van der Waals surface area contributed by atoms with E-state index in [4.69, 9.17) is 4.74 Å². The molecule has 5 nitrogen and oxygen atoms in total. The van der Waals surface area contributed by atoms with Gasteiger partial charge in [0, 0.05) is 27.0 Å². The summed E-state index contributed by atoms with van der Waals surface area (Å²) in [6, 6.07) is 11.2. The maximum Gasteiger partial charge on any atom is 0.326 e. The fourth-order valence-corrected chi connectivity index (χ4v) is 3.87. The molecule has 0 unspecified atom stereocenters. The summed E-state index contributed by atoms with van der Waals surface area (Å²) >= 11 is 5.07. The minimum atomic E-state index is -0.412. The van der Waals surface area contributed by atoms with Gasteiger partial charge in [0.1, 0.15) is 6.54 Å². The highest BCUT2D eigenvalue weighted by molar-refractivity contribution is 9.10. The molecule has 0 fully saturated rings. The van der Waals surface area contributed by atoms with E-state index >= 15 is 0 Å². The van der Waals surface area contributed by atoms with Crippen molar-refractivity contribution in [3.8, 4) is 0 Å². The lowest BCUT2D eigenvalue weighted by Crippen LogP contribution is -2.42. The molecule has 0 radical (unpaired) electrons. The summed E-state index contributed by atoms with van der Waals surface area (Å²) in [7, 11) is 1.89. The Balaban J connectivity index is 2.04. The lowest BCUT2D eigenvalue weighted by atomic mass is 10.2. The average Bonchev–Trinajstić information content (AvgIpc) is 2.98. The molecule has 0 spiro atoms. The number of likely N-dealkylation sites (N-methyl/N-ethyl adjacent to an activating group) is 1. The van der Waals surface area contributed by atoms with Crippen LogP contribution in [0.15, 0.2) is 46.3 Å². The first-order valence-electron chi connectivity index (χ1n) is 7.92. The molecule has 0 saturated carbocycles. The molecule has 0 N–H and O–H groups in total. The summed E-state index contributed by atoms with van der Waals surface area (Å²) in [6.07, 6.45) is 0. The molecule has 2 aromatic rings. The Morgan fingerprint density at radius 2 is 1.92 bits per heavy atom. The zero-order valence-corrected chi connectivity index (χ0v) is 16.7. The summed E-state index contributed by atoms with van der Waals surface area (Å²) in [4.78, 5) is 29.2. The van der Waals surface area contributed by atoms with Crippen molar-refractivity contribution in [2.24, 2.45) is 0 Å². The molecule has 0 aliphatic heterocycles. The van der Waals surface area contributed by atoms with Crippen LogP contribution in [0.5, 0.6) is 0 Å². The smallest absolute Gasteiger partial charge is 0.326 e. The number of benzene rings is 1. The van der Waals surface area contributed by atoms with Gasteiger partial charge in [-0.3, -0.25) is 14.5 Å². The minimum Gasteiger partial charge on any atom is -0.465 e. The van der Waals surface area contributed by atoms with E-state index in [2.05, 4.69) is 15.9 Å². The maximum absolute atomic E-state index is 12.8. The van der Waals surface area contributed by atoms with Gasteiger partial charge in [0.25, 0.3) is 0 Å². The number of nitrogens with zero attached hydrogens (tertiary/aromatic N) is 2. The molecule has 1 amide bonds. The predicted octanol–water partition coefficient (Wildman–Crippen LogP) is 3.54. The summed E-state index contributed by atoms with van der Waals surface area (Å²) < 4.78 is 6.04. The number of thiophene rings is 1. The fourth-order valence-electron chi connectivity index (χ4n) is 2.34. The third-order valence-corrected chi connectivity index (χ3v) is 5.10. The van der Waals surface area contributed by atoms with Gasteiger partial charge in [0.2, 0.25) is 5.91 Å². The molecule has 134 valence electrons. The number of carbonyl (C=O) groups excluding carboxylic acids is 2. The summed E-state index contributed by atoms with van der Waals surface area (Å²) in [5.74, 6) is -0.554. The lowest BCUT2D eigenvalue weighted by molar-refractivity contribution is -0.142. The van der Waals surface area contributed by atoms with Crippen LogP contribution in [-0.2, 0) is 20.9 Å². The van der Waals surface area contributed by atoms with Gasteiger partial charge < -0.3 is 9.64 Å². The molecule has 7 heteroatoms. The average molecular weight is 425 g/mol. The highest BCUT2D eigenvalue weighted by Crippen LogP contribution is 2.21. The van der Waals surface area contributed by atoms with Crippen LogP contribution in [0.2, 0.25) is 0 Å². The quantitative estimate of drug-likeness (QED) is 0.608. The Morgan fingerprint density at radius 1 is 1.20 bits per heavy atom. The molecule has 1 heterocycles. The number of halogens is 1. The van der Waals surface area contributed by atoms with Gasteiger partial charge in [0.15, 0.2) is 0 Å².